The molecule has 3 aromatic rings. The summed E-state index contributed by atoms with van der Waals surface area (Å²) >= 11 is 0. The van der Waals surface area contributed by atoms with Gasteiger partial charge in [0.25, 0.3) is 0 Å². The van der Waals surface area contributed by atoms with Crippen LogP contribution in [0.2, 0.25) is 0 Å². The van der Waals surface area contributed by atoms with Crippen LogP contribution in [0.25, 0.3) is 0 Å². The van der Waals surface area contributed by atoms with E-state index in [0.29, 0.717) is 17.3 Å². The van der Waals surface area contributed by atoms with Gasteiger partial charge in [-0.15, -0.1) is 5.10 Å². The number of aryl methyl sites for hydroxylation is 2. The van der Waals surface area contributed by atoms with Crippen molar-refractivity contribution in [1.29, 1.82) is 5.26 Å². The topological polar surface area (TPSA) is 86.5 Å². The molecule has 0 unspecified atom stereocenters. The van der Waals surface area contributed by atoms with Crippen molar-refractivity contribution in [3.63, 3.8) is 0 Å². The van der Waals surface area contributed by atoms with Crippen LogP contribution in [0.3, 0.4) is 0 Å². The highest BCUT2D eigenvalue weighted by Crippen LogP contribution is 2.21. The van der Waals surface area contributed by atoms with E-state index in [2.05, 4.69) is 50.1 Å². The maximum atomic E-state index is 8.82. The Balaban J connectivity index is 1.78. The van der Waals surface area contributed by atoms with Gasteiger partial charge in [-0.1, -0.05) is 12.1 Å². The molecular formula is C18H16N6. The summed E-state index contributed by atoms with van der Waals surface area (Å²) in [6, 6.07) is 15.3. The van der Waals surface area contributed by atoms with Gasteiger partial charge in [-0.05, 0) is 55.3 Å². The van der Waals surface area contributed by atoms with E-state index in [1.807, 2.05) is 13.8 Å². The first kappa shape index (κ1) is 15.4. The summed E-state index contributed by atoms with van der Waals surface area (Å²) in [5, 5.41) is 23.1. The molecule has 24 heavy (non-hydrogen) atoms. The van der Waals surface area contributed by atoms with E-state index in [9.17, 15) is 0 Å². The molecule has 6 nitrogen and oxygen atoms in total. The standard InChI is InChI=1S/C18H16N6/c1-12-3-4-13(2)16(9-12)22-17-11-20-24-18(23-17)21-15-7-5-14(10-19)6-8-15/h3-9,11H,1-2H3,(H2,21,22,23,24). The summed E-state index contributed by atoms with van der Waals surface area (Å²) in [7, 11) is 0. The highest BCUT2D eigenvalue weighted by molar-refractivity contribution is 5.62. The molecule has 118 valence electrons. The van der Waals surface area contributed by atoms with E-state index >= 15 is 0 Å². The molecule has 0 atom stereocenters. The number of hydrogen-bond acceptors (Lipinski definition) is 6. The van der Waals surface area contributed by atoms with Crippen molar-refractivity contribution in [3.8, 4) is 6.07 Å². The van der Waals surface area contributed by atoms with Crippen molar-refractivity contribution in [2.75, 3.05) is 10.6 Å². The molecule has 0 amide bonds. The summed E-state index contributed by atoms with van der Waals surface area (Å²) in [5.74, 6) is 0.991. The molecule has 2 N–H and O–H groups in total. The zero-order valence-corrected chi connectivity index (χ0v) is 13.4. The molecule has 0 aliphatic rings. The van der Waals surface area contributed by atoms with Gasteiger partial charge in [-0.3, -0.25) is 0 Å². The van der Waals surface area contributed by atoms with Crippen molar-refractivity contribution in [2.45, 2.75) is 13.8 Å². The second-order valence-electron chi connectivity index (χ2n) is 5.42. The lowest BCUT2D eigenvalue weighted by Gasteiger charge is -2.10. The van der Waals surface area contributed by atoms with Crippen LogP contribution in [-0.2, 0) is 0 Å². The van der Waals surface area contributed by atoms with E-state index in [1.54, 1.807) is 30.5 Å². The lowest BCUT2D eigenvalue weighted by Crippen LogP contribution is -2.03. The van der Waals surface area contributed by atoms with Crippen LogP contribution in [0.1, 0.15) is 16.7 Å². The number of benzene rings is 2. The van der Waals surface area contributed by atoms with Crippen LogP contribution in [0.15, 0.2) is 48.7 Å². The summed E-state index contributed by atoms with van der Waals surface area (Å²) in [6.45, 7) is 4.08. The van der Waals surface area contributed by atoms with Crippen LogP contribution in [0, 0.1) is 25.2 Å². The van der Waals surface area contributed by atoms with Gasteiger partial charge in [0.2, 0.25) is 5.95 Å². The van der Waals surface area contributed by atoms with Crippen molar-refractivity contribution in [3.05, 3.63) is 65.4 Å². The third-order valence-corrected chi connectivity index (χ3v) is 3.48. The molecule has 0 saturated carbocycles. The lowest BCUT2D eigenvalue weighted by atomic mass is 10.1. The van der Waals surface area contributed by atoms with E-state index in [4.69, 9.17) is 5.26 Å². The zero-order valence-electron chi connectivity index (χ0n) is 13.4. The van der Waals surface area contributed by atoms with Crippen molar-refractivity contribution < 1.29 is 0 Å². The number of nitriles is 1. The molecule has 0 spiro atoms. The first-order valence-electron chi connectivity index (χ1n) is 7.45. The average Bonchev–Trinajstić information content (AvgIpc) is 2.59. The molecule has 0 radical (unpaired) electrons. The number of nitrogens with one attached hydrogen (secondary N) is 2. The molecule has 6 heteroatoms. The Morgan fingerprint density at radius 1 is 1.00 bits per heavy atom. The van der Waals surface area contributed by atoms with Gasteiger partial charge in [0.1, 0.15) is 0 Å². The highest BCUT2D eigenvalue weighted by Gasteiger charge is 2.04. The summed E-state index contributed by atoms with van der Waals surface area (Å²) < 4.78 is 0. The van der Waals surface area contributed by atoms with E-state index in [1.165, 1.54) is 5.56 Å². The second-order valence-corrected chi connectivity index (χ2v) is 5.42. The van der Waals surface area contributed by atoms with Crippen molar-refractivity contribution >= 4 is 23.1 Å². The Hall–Kier alpha value is -3.46. The molecule has 1 aromatic heterocycles. The van der Waals surface area contributed by atoms with Crippen LogP contribution in [0.4, 0.5) is 23.1 Å². The molecule has 0 aliphatic carbocycles. The largest absolute Gasteiger partial charge is 0.339 e. The summed E-state index contributed by atoms with van der Waals surface area (Å²) in [6.07, 6.45) is 1.58. The fraction of sp³-hybridized carbons (Fsp3) is 0.111. The van der Waals surface area contributed by atoms with Gasteiger partial charge < -0.3 is 10.6 Å². The van der Waals surface area contributed by atoms with E-state index in [-0.39, 0.29) is 0 Å². The minimum absolute atomic E-state index is 0.384. The molecule has 0 aliphatic heterocycles. The molecule has 2 aromatic carbocycles. The molecule has 0 fully saturated rings. The van der Waals surface area contributed by atoms with Crippen molar-refractivity contribution in [2.24, 2.45) is 0 Å². The fourth-order valence-corrected chi connectivity index (χ4v) is 2.18. The van der Waals surface area contributed by atoms with Crippen LogP contribution in [-0.4, -0.2) is 15.2 Å². The van der Waals surface area contributed by atoms with Crippen molar-refractivity contribution in [1.82, 2.24) is 15.2 Å². The van der Waals surface area contributed by atoms with E-state index in [0.717, 1.165) is 16.9 Å². The monoisotopic (exact) mass is 316 g/mol. The van der Waals surface area contributed by atoms with Gasteiger partial charge >= 0.3 is 0 Å². The quantitative estimate of drug-likeness (QED) is 0.760. The normalized spacial score (nSPS) is 10.0. The summed E-state index contributed by atoms with van der Waals surface area (Å²) in [4.78, 5) is 4.42. The Morgan fingerprint density at radius 2 is 1.79 bits per heavy atom. The third kappa shape index (κ3) is 3.65. The second kappa shape index (κ2) is 6.75. The summed E-state index contributed by atoms with van der Waals surface area (Å²) in [5.41, 5.74) is 4.67. The molecule has 0 bridgehead atoms. The maximum Gasteiger partial charge on any atom is 0.249 e. The number of hydrogen-bond donors (Lipinski definition) is 2. The average molecular weight is 316 g/mol. The first-order valence-corrected chi connectivity index (χ1v) is 7.45. The van der Waals surface area contributed by atoms with Gasteiger partial charge in [0.15, 0.2) is 5.82 Å². The molecule has 3 rings (SSSR count). The van der Waals surface area contributed by atoms with Crippen LogP contribution >= 0.6 is 0 Å². The zero-order chi connectivity index (χ0) is 16.9. The molecule has 1 heterocycles. The molecular weight excluding hydrogens is 300 g/mol. The van der Waals surface area contributed by atoms with Gasteiger partial charge in [-0.25, -0.2) is 0 Å². The SMILES string of the molecule is Cc1ccc(C)c(Nc2cnnc(Nc3ccc(C#N)cc3)n2)c1. The Labute approximate surface area is 140 Å². The smallest absolute Gasteiger partial charge is 0.249 e. The fourth-order valence-electron chi connectivity index (χ4n) is 2.18. The van der Waals surface area contributed by atoms with Gasteiger partial charge in [0.05, 0.1) is 17.8 Å². The highest BCUT2D eigenvalue weighted by atomic mass is 15.3. The Bertz CT molecular complexity index is 896. The molecule has 0 saturated heterocycles. The third-order valence-electron chi connectivity index (χ3n) is 3.48. The number of anilines is 4. The maximum absolute atomic E-state index is 8.82. The lowest BCUT2D eigenvalue weighted by molar-refractivity contribution is 0.982. The van der Waals surface area contributed by atoms with Crippen LogP contribution in [0.5, 0.6) is 0 Å². The van der Waals surface area contributed by atoms with Gasteiger partial charge in [-0.2, -0.15) is 15.3 Å². The van der Waals surface area contributed by atoms with E-state index < -0.39 is 0 Å². The predicted octanol–water partition coefficient (Wildman–Crippen LogP) is 3.85. The number of rotatable bonds is 4. The van der Waals surface area contributed by atoms with Crippen LogP contribution < -0.4 is 10.6 Å². The Morgan fingerprint density at radius 3 is 2.54 bits per heavy atom. The minimum Gasteiger partial charge on any atom is -0.339 e. The minimum atomic E-state index is 0.384. The predicted molar refractivity (Wildman–Crippen MR) is 93.5 cm³/mol. The Kier molecular flexibility index (Phi) is 4.34. The number of nitrogens with zero attached hydrogens (tertiary/aromatic N) is 4. The first-order chi connectivity index (χ1) is 11.6. The number of aromatic nitrogens is 3. The van der Waals surface area contributed by atoms with Gasteiger partial charge in [0, 0.05) is 11.4 Å².